The Morgan fingerprint density at radius 2 is 1.86 bits per heavy atom. The van der Waals surface area contributed by atoms with Crippen molar-refractivity contribution in [2.45, 2.75) is 26.2 Å². The molecular weight excluding hydrogens is 281 g/mol. The zero-order valence-electron chi connectivity index (χ0n) is 12.7. The van der Waals surface area contributed by atoms with Crippen molar-refractivity contribution in [3.05, 3.63) is 53.6 Å². The summed E-state index contributed by atoms with van der Waals surface area (Å²) in [5.74, 6) is -0.285. The molecule has 0 unspecified atom stereocenters. The molecule has 0 saturated heterocycles. The standard InChI is InChI=1S/C17H16FN3O/c1-17(2,3)14-8-15(11-4-6-12(18)7-5-11)20-21-9-13(10-22)19-16(14)21/h4-10H,1-3H3. The topological polar surface area (TPSA) is 47.3 Å². The molecule has 0 saturated carbocycles. The van der Waals surface area contributed by atoms with E-state index in [0.29, 0.717) is 23.3 Å². The number of hydrogen-bond acceptors (Lipinski definition) is 3. The number of benzene rings is 1. The smallest absolute Gasteiger partial charge is 0.170 e. The molecule has 0 aliphatic rings. The van der Waals surface area contributed by atoms with Crippen molar-refractivity contribution in [3.8, 4) is 11.3 Å². The highest BCUT2D eigenvalue weighted by Gasteiger charge is 2.21. The van der Waals surface area contributed by atoms with Gasteiger partial charge in [0, 0.05) is 11.1 Å². The van der Waals surface area contributed by atoms with Crippen LogP contribution in [0, 0.1) is 5.82 Å². The molecule has 0 amide bonds. The molecule has 0 bridgehead atoms. The summed E-state index contributed by atoms with van der Waals surface area (Å²) in [5, 5.41) is 4.49. The molecule has 0 atom stereocenters. The minimum Gasteiger partial charge on any atom is -0.296 e. The molecule has 112 valence electrons. The summed E-state index contributed by atoms with van der Waals surface area (Å²) in [6.45, 7) is 6.23. The minimum atomic E-state index is -0.285. The monoisotopic (exact) mass is 297 g/mol. The molecular formula is C17H16FN3O. The van der Waals surface area contributed by atoms with E-state index < -0.39 is 0 Å². The lowest BCUT2D eigenvalue weighted by atomic mass is 9.87. The van der Waals surface area contributed by atoms with Gasteiger partial charge in [0.05, 0.1) is 11.9 Å². The Bertz CT molecular complexity index is 845. The molecule has 3 rings (SSSR count). The van der Waals surface area contributed by atoms with Crippen LogP contribution in [0.25, 0.3) is 16.9 Å². The third kappa shape index (κ3) is 2.50. The summed E-state index contributed by atoms with van der Waals surface area (Å²) < 4.78 is 14.7. The number of nitrogens with zero attached hydrogens (tertiary/aromatic N) is 3. The average molecular weight is 297 g/mol. The van der Waals surface area contributed by atoms with Crippen LogP contribution in [0.1, 0.15) is 36.8 Å². The fourth-order valence-corrected chi connectivity index (χ4v) is 2.37. The van der Waals surface area contributed by atoms with Gasteiger partial charge in [-0.1, -0.05) is 20.8 Å². The van der Waals surface area contributed by atoms with Gasteiger partial charge in [-0.05, 0) is 35.7 Å². The highest BCUT2D eigenvalue weighted by atomic mass is 19.1. The van der Waals surface area contributed by atoms with E-state index in [1.807, 2.05) is 6.07 Å². The number of hydrogen-bond donors (Lipinski definition) is 0. The molecule has 22 heavy (non-hydrogen) atoms. The summed E-state index contributed by atoms with van der Waals surface area (Å²) in [5.41, 5.74) is 3.36. The fraction of sp³-hybridized carbons (Fsp3) is 0.235. The number of rotatable bonds is 2. The van der Waals surface area contributed by atoms with Gasteiger partial charge in [-0.3, -0.25) is 4.79 Å². The zero-order chi connectivity index (χ0) is 15.9. The van der Waals surface area contributed by atoms with E-state index in [4.69, 9.17) is 0 Å². The molecule has 2 heterocycles. The van der Waals surface area contributed by atoms with Crippen LogP contribution in [-0.4, -0.2) is 20.9 Å². The summed E-state index contributed by atoms with van der Waals surface area (Å²) in [4.78, 5) is 15.3. The van der Waals surface area contributed by atoms with E-state index in [-0.39, 0.29) is 11.2 Å². The minimum absolute atomic E-state index is 0.162. The van der Waals surface area contributed by atoms with Crippen molar-refractivity contribution in [2.75, 3.05) is 0 Å². The van der Waals surface area contributed by atoms with E-state index in [9.17, 15) is 9.18 Å². The van der Waals surface area contributed by atoms with Crippen molar-refractivity contribution in [1.82, 2.24) is 14.6 Å². The lowest BCUT2D eigenvalue weighted by molar-refractivity contribution is 0.111. The van der Waals surface area contributed by atoms with Crippen molar-refractivity contribution in [3.63, 3.8) is 0 Å². The van der Waals surface area contributed by atoms with Crippen LogP contribution in [0.4, 0.5) is 4.39 Å². The van der Waals surface area contributed by atoms with Gasteiger partial charge in [0.1, 0.15) is 11.5 Å². The van der Waals surface area contributed by atoms with Gasteiger partial charge in [-0.15, -0.1) is 0 Å². The molecule has 4 nitrogen and oxygen atoms in total. The number of aldehydes is 1. The molecule has 0 aliphatic carbocycles. The SMILES string of the molecule is CC(C)(C)c1cc(-c2ccc(F)cc2)nn2cc(C=O)nc12. The van der Waals surface area contributed by atoms with E-state index in [0.717, 1.165) is 11.1 Å². The van der Waals surface area contributed by atoms with Crippen LogP contribution in [0.15, 0.2) is 36.5 Å². The Morgan fingerprint density at radius 3 is 2.45 bits per heavy atom. The number of imidazole rings is 1. The lowest BCUT2D eigenvalue weighted by Gasteiger charge is -2.20. The second kappa shape index (κ2) is 5.02. The Hall–Kier alpha value is -2.56. The van der Waals surface area contributed by atoms with E-state index in [1.165, 1.54) is 12.1 Å². The van der Waals surface area contributed by atoms with Crippen LogP contribution in [-0.2, 0) is 5.41 Å². The summed E-state index contributed by atoms with van der Waals surface area (Å²) >= 11 is 0. The molecule has 0 N–H and O–H groups in total. The second-order valence-electron chi connectivity index (χ2n) is 6.25. The Morgan fingerprint density at radius 1 is 1.18 bits per heavy atom. The van der Waals surface area contributed by atoms with Crippen LogP contribution < -0.4 is 0 Å². The molecule has 0 aliphatic heterocycles. The molecule has 3 aromatic rings. The maximum absolute atomic E-state index is 13.1. The third-order valence-electron chi connectivity index (χ3n) is 3.51. The first-order valence-corrected chi connectivity index (χ1v) is 7.00. The maximum atomic E-state index is 13.1. The quantitative estimate of drug-likeness (QED) is 0.678. The molecule has 0 fully saturated rings. The van der Waals surface area contributed by atoms with Crippen LogP contribution in [0.3, 0.4) is 0 Å². The fourth-order valence-electron chi connectivity index (χ4n) is 2.37. The number of halogens is 1. The van der Waals surface area contributed by atoms with Crippen molar-refractivity contribution >= 4 is 11.9 Å². The third-order valence-corrected chi connectivity index (χ3v) is 3.51. The van der Waals surface area contributed by atoms with Crippen LogP contribution >= 0.6 is 0 Å². The molecule has 0 radical (unpaired) electrons. The van der Waals surface area contributed by atoms with Crippen LogP contribution in [0.2, 0.25) is 0 Å². The maximum Gasteiger partial charge on any atom is 0.170 e. The molecule has 1 aromatic carbocycles. The molecule has 5 heteroatoms. The average Bonchev–Trinajstić information content (AvgIpc) is 2.88. The predicted octanol–water partition coefficient (Wildman–Crippen LogP) is 3.65. The molecule has 2 aromatic heterocycles. The first kappa shape index (κ1) is 14.4. The Labute approximate surface area is 127 Å². The number of carbonyl (C=O) groups is 1. The normalized spacial score (nSPS) is 11.8. The van der Waals surface area contributed by atoms with Crippen molar-refractivity contribution in [1.29, 1.82) is 0 Å². The second-order valence-corrected chi connectivity index (χ2v) is 6.25. The van der Waals surface area contributed by atoms with Gasteiger partial charge < -0.3 is 0 Å². The highest BCUT2D eigenvalue weighted by molar-refractivity contribution is 5.74. The summed E-state index contributed by atoms with van der Waals surface area (Å²) in [6.07, 6.45) is 2.31. The van der Waals surface area contributed by atoms with Crippen LogP contribution in [0.5, 0.6) is 0 Å². The summed E-state index contributed by atoms with van der Waals surface area (Å²) in [7, 11) is 0. The first-order valence-electron chi connectivity index (χ1n) is 7.00. The zero-order valence-corrected chi connectivity index (χ0v) is 12.7. The van der Waals surface area contributed by atoms with Crippen molar-refractivity contribution < 1.29 is 9.18 Å². The van der Waals surface area contributed by atoms with Crippen molar-refractivity contribution in [2.24, 2.45) is 0 Å². The first-order chi connectivity index (χ1) is 10.4. The van der Waals surface area contributed by atoms with Gasteiger partial charge in [0.2, 0.25) is 0 Å². The number of fused-ring (bicyclic) bond motifs is 1. The lowest BCUT2D eigenvalue weighted by Crippen LogP contribution is -2.14. The number of aromatic nitrogens is 3. The highest BCUT2D eigenvalue weighted by Crippen LogP contribution is 2.29. The predicted molar refractivity (Wildman–Crippen MR) is 82.5 cm³/mol. The van der Waals surface area contributed by atoms with E-state index >= 15 is 0 Å². The van der Waals surface area contributed by atoms with Gasteiger partial charge in [-0.25, -0.2) is 13.9 Å². The van der Waals surface area contributed by atoms with E-state index in [2.05, 4.69) is 30.9 Å². The summed E-state index contributed by atoms with van der Waals surface area (Å²) in [6, 6.07) is 8.14. The molecule has 0 spiro atoms. The van der Waals surface area contributed by atoms with Gasteiger partial charge in [0.25, 0.3) is 0 Å². The van der Waals surface area contributed by atoms with Gasteiger partial charge >= 0.3 is 0 Å². The largest absolute Gasteiger partial charge is 0.296 e. The Balaban J connectivity index is 2.28. The Kier molecular flexibility index (Phi) is 3.28. The number of carbonyl (C=O) groups excluding carboxylic acids is 1. The van der Waals surface area contributed by atoms with Gasteiger partial charge in [0.15, 0.2) is 11.9 Å². The van der Waals surface area contributed by atoms with Gasteiger partial charge in [-0.2, -0.15) is 5.10 Å². The van der Waals surface area contributed by atoms with E-state index in [1.54, 1.807) is 22.8 Å².